The second kappa shape index (κ2) is 4.25. The molecule has 0 aliphatic heterocycles. The number of nitrogens with zero attached hydrogens (tertiary/aromatic N) is 3. The highest BCUT2D eigenvalue weighted by molar-refractivity contribution is 5.79. The molecule has 0 spiro atoms. The summed E-state index contributed by atoms with van der Waals surface area (Å²) in [6.07, 6.45) is 0. The summed E-state index contributed by atoms with van der Waals surface area (Å²) in [5.74, 6) is 0.895. The molecule has 0 amide bonds. The minimum absolute atomic E-state index is 0.672. The van der Waals surface area contributed by atoms with Crippen molar-refractivity contribution >= 4 is 11.0 Å². The summed E-state index contributed by atoms with van der Waals surface area (Å²) in [5.41, 5.74) is 4.66. The van der Waals surface area contributed by atoms with Gasteiger partial charge in [-0.25, -0.2) is 4.98 Å². The molecule has 0 aliphatic carbocycles. The van der Waals surface area contributed by atoms with Gasteiger partial charge in [0.25, 0.3) is 0 Å². The van der Waals surface area contributed by atoms with E-state index >= 15 is 0 Å². The van der Waals surface area contributed by atoms with Crippen LogP contribution in [0.1, 0.15) is 17.0 Å². The number of imidazole rings is 1. The fourth-order valence-electron chi connectivity index (χ4n) is 2.47. The van der Waals surface area contributed by atoms with Gasteiger partial charge in [-0.2, -0.15) is 5.26 Å². The number of benzene rings is 2. The maximum Gasteiger partial charge on any atom is 0.111 e. The predicted octanol–water partition coefficient (Wildman–Crippen LogP) is 3.51. The lowest BCUT2D eigenvalue weighted by molar-refractivity contribution is 0.985. The van der Waals surface area contributed by atoms with Crippen LogP contribution in [0.5, 0.6) is 0 Å². The van der Waals surface area contributed by atoms with Gasteiger partial charge in [0, 0.05) is 0 Å². The van der Waals surface area contributed by atoms with Crippen LogP contribution in [0.25, 0.3) is 16.7 Å². The van der Waals surface area contributed by atoms with Crippen LogP contribution < -0.4 is 0 Å². The Morgan fingerprint density at radius 2 is 1.84 bits per heavy atom. The molecular formula is C16H13N3. The van der Waals surface area contributed by atoms with Crippen molar-refractivity contribution in [2.75, 3.05) is 0 Å². The van der Waals surface area contributed by atoms with Gasteiger partial charge in [0.05, 0.1) is 22.3 Å². The van der Waals surface area contributed by atoms with E-state index < -0.39 is 0 Å². The van der Waals surface area contributed by atoms with Crippen LogP contribution in [-0.2, 0) is 0 Å². The van der Waals surface area contributed by atoms with E-state index in [0.29, 0.717) is 5.56 Å². The lowest BCUT2D eigenvalue weighted by Crippen LogP contribution is -2.02. The van der Waals surface area contributed by atoms with Crippen LogP contribution in [0.15, 0.2) is 42.5 Å². The molecule has 3 rings (SSSR count). The van der Waals surface area contributed by atoms with Crippen LogP contribution in [0.4, 0.5) is 0 Å². The average Bonchev–Trinajstić information content (AvgIpc) is 2.74. The van der Waals surface area contributed by atoms with E-state index in [2.05, 4.69) is 15.6 Å². The number of aromatic nitrogens is 2. The largest absolute Gasteiger partial charge is 0.295 e. The molecule has 1 heterocycles. The summed E-state index contributed by atoms with van der Waals surface area (Å²) in [4.78, 5) is 4.56. The highest BCUT2D eigenvalue weighted by atomic mass is 15.1. The quantitative estimate of drug-likeness (QED) is 0.660. The van der Waals surface area contributed by atoms with E-state index in [1.165, 1.54) is 0 Å². The molecule has 0 aliphatic rings. The van der Waals surface area contributed by atoms with Crippen molar-refractivity contribution in [3.05, 3.63) is 59.4 Å². The smallest absolute Gasteiger partial charge is 0.111 e. The molecule has 1 aromatic heterocycles. The maximum absolute atomic E-state index is 9.32. The minimum Gasteiger partial charge on any atom is -0.295 e. The van der Waals surface area contributed by atoms with E-state index in [-0.39, 0.29) is 0 Å². The molecule has 0 radical (unpaired) electrons. The maximum atomic E-state index is 9.32. The van der Waals surface area contributed by atoms with Crippen molar-refractivity contribution in [2.45, 2.75) is 13.8 Å². The average molecular weight is 247 g/mol. The van der Waals surface area contributed by atoms with Gasteiger partial charge in [0.15, 0.2) is 0 Å². The number of fused-ring (bicyclic) bond motifs is 1. The highest BCUT2D eigenvalue weighted by Gasteiger charge is 2.13. The number of aryl methyl sites for hydroxylation is 2. The van der Waals surface area contributed by atoms with E-state index in [1.807, 2.05) is 56.3 Å². The second-order valence-electron chi connectivity index (χ2n) is 4.57. The summed E-state index contributed by atoms with van der Waals surface area (Å²) in [6.45, 7) is 3.98. The molecule has 3 nitrogen and oxygen atoms in total. The first-order valence-corrected chi connectivity index (χ1v) is 6.16. The Hall–Kier alpha value is -2.60. The van der Waals surface area contributed by atoms with Crippen LogP contribution in [0.2, 0.25) is 0 Å². The third-order valence-electron chi connectivity index (χ3n) is 3.31. The topological polar surface area (TPSA) is 41.6 Å². The van der Waals surface area contributed by atoms with Gasteiger partial charge in [-0.1, -0.05) is 24.3 Å². The zero-order valence-corrected chi connectivity index (χ0v) is 10.9. The number of hydrogen-bond donors (Lipinski definition) is 0. The molecule has 0 saturated carbocycles. The Bertz CT molecular complexity index is 806. The first-order valence-electron chi connectivity index (χ1n) is 6.16. The van der Waals surface area contributed by atoms with Gasteiger partial charge in [0.1, 0.15) is 11.9 Å². The van der Waals surface area contributed by atoms with Gasteiger partial charge >= 0.3 is 0 Å². The number of nitriles is 1. The molecule has 0 N–H and O–H groups in total. The van der Waals surface area contributed by atoms with Gasteiger partial charge in [0.2, 0.25) is 0 Å². The van der Waals surface area contributed by atoms with Gasteiger partial charge in [-0.15, -0.1) is 0 Å². The van der Waals surface area contributed by atoms with Crippen LogP contribution in [0, 0.1) is 25.2 Å². The van der Waals surface area contributed by atoms with Crippen molar-refractivity contribution in [2.24, 2.45) is 0 Å². The molecule has 3 heteroatoms. The van der Waals surface area contributed by atoms with Gasteiger partial charge < -0.3 is 0 Å². The van der Waals surface area contributed by atoms with E-state index in [4.69, 9.17) is 0 Å². The third kappa shape index (κ3) is 1.69. The Balaban J connectivity index is 2.44. The van der Waals surface area contributed by atoms with Crippen molar-refractivity contribution < 1.29 is 0 Å². The van der Waals surface area contributed by atoms with E-state index in [9.17, 15) is 5.26 Å². The predicted molar refractivity (Wildman–Crippen MR) is 75.3 cm³/mol. The molecule has 2 aromatic carbocycles. The first-order chi connectivity index (χ1) is 9.22. The molecule has 0 unspecified atom stereocenters. The van der Waals surface area contributed by atoms with Gasteiger partial charge in [-0.05, 0) is 37.6 Å². The van der Waals surface area contributed by atoms with Gasteiger partial charge in [-0.3, -0.25) is 4.57 Å². The SMILES string of the molecule is Cc1cccc(C#N)c1-n1c(C)nc2ccccc21. The minimum atomic E-state index is 0.672. The Labute approximate surface area is 111 Å². The van der Waals surface area contributed by atoms with Crippen molar-refractivity contribution in [1.29, 1.82) is 5.26 Å². The summed E-state index contributed by atoms with van der Waals surface area (Å²) in [5, 5.41) is 9.32. The van der Waals surface area contributed by atoms with Crippen LogP contribution >= 0.6 is 0 Å². The van der Waals surface area contributed by atoms with Crippen molar-refractivity contribution in [3.8, 4) is 11.8 Å². The second-order valence-corrected chi connectivity index (χ2v) is 4.57. The monoisotopic (exact) mass is 247 g/mol. The summed E-state index contributed by atoms with van der Waals surface area (Å²) in [6, 6.07) is 16.0. The summed E-state index contributed by atoms with van der Waals surface area (Å²) < 4.78 is 2.06. The molecule has 92 valence electrons. The fourth-order valence-corrected chi connectivity index (χ4v) is 2.47. The summed E-state index contributed by atoms with van der Waals surface area (Å²) >= 11 is 0. The zero-order chi connectivity index (χ0) is 13.4. The molecule has 0 fully saturated rings. The Morgan fingerprint density at radius 3 is 2.63 bits per heavy atom. The molecule has 0 bridgehead atoms. The fraction of sp³-hybridized carbons (Fsp3) is 0.125. The third-order valence-corrected chi connectivity index (χ3v) is 3.31. The molecule has 0 atom stereocenters. The van der Waals surface area contributed by atoms with E-state index in [0.717, 1.165) is 28.1 Å². The van der Waals surface area contributed by atoms with Crippen LogP contribution in [-0.4, -0.2) is 9.55 Å². The molecule has 3 aromatic rings. The van der Waals surface area contributed by atoms with E-state index in [1.54, 1.807) is 0 Å². The lowest BCUT2D eigenvalue weighted by Gasteiger charge is -2.12. The van der Waals surface area contributed by atoms with Crippen molar-refractivity contribution in [1.82, 2.24) is 9.55 Å². The standard InChI is InChI=1S/C16H13N3/c1-11-6-5-7-13(10-17)16(11)19-12(2)18-14-8-3-4-9-15(14)19/h3-9H,1-2H3. The number of rotatable bonds is 1. The summed E-state index contributed by atoms with van der Waals surface area (Å²) in [7, 11) is 0. The Morgan fingerprint density at radius 1 is 1.05 bits per heavy atom. The first kappa shape index (κ1) is 11.5. The lowest BCUT2D eigenvalue weighted by atomic mass is 10.1. The molecule has 0 saturated heterocycles. The normalized spacial score (nSPS) is 10.6. The van der Waals surface area contributed by atoms with Crippen molar-refractivity contribution in [3.63, 3.8) is 0 Å². The zero-order valence-electron chi connectivity index (χ0n) is 10.9. The number of hydrogen-bond acceptors (Lipinski definition) is 2. The van der Waals surface area contributed by atoms with Crippen LogP contribution in [0.3, 0.4) is 0 Å². The molecular weight excluding hydrogens is 234 g/mol. The number of para-hydroxylation sites is 3. The highest BCUT2D eigenvalue weighted by Crippen LogP contribution is 2.25. The molecule has 19 heavy (non-hydrogen) atoms. The Kier molecular flexibility index (Phi) is 2.57.